The van der Waals surface area contributed by atoms with Crippen LogP contribution in [0.2, 0.25) is 0 Å². The third kappa shape index (κ3) is 6.93. The minimum Gasteiger partial charge on any atom is -0.356 e. The zero-order valence-corrected chi connectivity index (χ0v) is 17.4. The van der Waals surface area contributed by atoms with E-state index in [0.717, 1.165) is 6.42 Å². The lowest BCUT2D eigenvalue weighted by atomic mass is 10.3. The minimum atomic E-state index is -2.90. The number of carbonyl (C=O) groups excluding carboxylic acids is 1. The predicted molar refractivity (Wildman–Crippen MR) is 108 cm³/mol. The van der Waals surface area contributed by atoms with Gasteiger partial charge in [-0.25, -0.2) is 8.42 Å². The van der Waals surface area contributed by atoms with Gasteiger partial charge in [-0.05, 0) is 24.3 Å². The SMILES string of the molecule is CN=C(NCCCNC(=O)c1cccs1)NC1CCS(=O)(=O)C1.I. The number of sulfone groups is 1. The molecule has 0 bridgehead atoms. The second kappa shape index (κ2) is 10.2. The Morgan fingerprint density at radius 1 is 1.38 bits per heavy atom. The summed E-state index contributed by atoms with van der Waals surface area (Å²) < 4.78 is 22.9. The van der Waals surface area contributed by atoms with E-state index in [-0.39, 0.29) is 47.4 Å². The van der Waals surface area contributed by atoms with Crippen LogP contribution in [-0.4, -0.2) is 58.0 Å². The molecule has 0 spiro atoms. The van der Waals surface area contributed by atoms with E-state index in [9.17, 15) is 13.2 Å². The highest BCUT2D eigenvalue weighted by atomic mass is 127. The lowest BCUT2D eigenvalue weighted by Crippen LogP contribution is -2.44. The summed E-state index contributed by atoms with van der Waals surface area (Å²) in [6.45, 7) is 1.21. The molecule has 10 heteroatoms. The summed E-state index contributed by atoms with van der Waals surface area (Å²) in [7, 11) is -1.25. The first-order valence-electron chi connectivity index (χ1n) is 7.49. The summed E-state index contributed by atoms with van der Waals surface area (Å²) in [6.07, 6.45) is 1.36. The molecule has 7 nitrogen and oxygen atoms in total. The normalized spacial score (nSPS) is 19.4. The number of amides is 1. The molecule has 1 saturated heterocycles. The second-order valence-electron chi connectivity index (χ2n) is 5.33. The van der Waals surface area contributed by atoms with Crippen LogP contribution < -0.4 is 16.0 Å². The van der Waals surface area contributed by atoms with Crippen molar-refractivity contribution in [1.82, 2.24) is 16.0 Å². The lowest BCUT2D eigenvalue weighted by molar-refractivity contribution is 0.0957. The van der Waals surface area contributed by atoms with Gasteiger partial charge < -0.3 is 16.0 Å². The number of rotatable bonds is 6. The lowest BCUT2D eigenvalue weighted by Gasteiger charge is -2.16. The molecule has 2 heterocycles. The molecule has 1 atom stereocenters. The Morgan fingerprint density at radius 3 is 2.71 bits per heavy atom. The van der Waals surface area contributed by atoms with Crippen molar-refractivity contribution in [1.29, 1.82) is 0 Å². The number of guanidine groups is 1. The van der Waals surface area contributed by atoms with Gasteiger partial charge in [-0.1, -0.05) is 6.07 Å². The topological polar surface area (TPSA) is 99.7 Å². The standard InChI is InChI=1S/C14H22N4O3S2.HI/c1-15-14(18-11-5-9-23(20,21)10-11)17-7-3-6-16-13(19)12-4-2-8-22-12;/h2,4,8,11H,3,5-7,9-10H2,1H3,(H,16,19)(H2,15,17,18);1H. The average Bonchev–Trinajstić information content (AvgIpc) is 3.15. The van der Waals surface area contributed by atoms with Crippen LogP contribution in [-0.2, 0) is 9.84 Å². The maximum absolute atomic E-state index is 11.7. The summed E-state index contributed by atoms with van der Waals surface area (Å²) in [5.74, 6) is 0.927. The molecule has 0 aromatic carbocycles. The summed E-state index contributed by atoms with van der Waals surface area (Å²) in [6, 6.07) is 3.56. The van der Waals surface area contributed by atoms with Crippen LogP contribution in [0.4, 0.5) is 0 Å². The van der Waals surface area contributed by atoms with Crippen molar-refractivity contribution in [2.24, 2.45) is 4.99 Å². The van der Waals surface area contributed by atoms with Gasteiger partial charge in [0.2, 0.25) is 0 Å². The van der Waals surface area contributed by atoms with Crippen LogP contribution in [0.25, 0.3) is 0 Å². The van der Waals surface area contributed by atoms with Crippen molar-refractivity contribution < 1.29 is 13.2 Å². The number of halogens is 1. The molecule has 0 radical (unpaired) electrons. The van der Waals surface area contributed by atoms with Crippen LogP contribution in [0.1, 0.15) is 22.5 Å². The van der Waals surface area contributed by atoms with Crippen LogP contribution in [0.15, 0.2) is 22.5 Å². The highest BCUT2D eigenvalue weighted by molar-refractivity contribution is 14.0. The van der Waals surface area contributed by atoms with Crippen LogP contribution >= 0.6 is 35.3 Å². The van der Waals surface area contributed by atoms with E-state index in [2.05, 4.69) is 20.9 Å². The highest BCUT2D eigenvalue weighted by Gasteiger charge is 2.28. The molecular formula is C14H23IN4O3S2. The van der Waals surface area contributed by atoms with E-state index in [1.165, 1.54) is 11.3 Å². The van der Waals surface area contributed by atoms with Crippen molar-refractivity contribution >= 4 is 57.0 Å². The maximum atomic E-state index is 11.7. The van der Waals surface area contributed by atoms with Crippen molar-refractivity contribution in [2.75, 3.05) is 31.6 Å². The van der Waals surface area contributed by atoms with Gasteiger partial charge in [0, 0.05) is 26.2 Å². The molecule has 1 amide bonds. The van der Waals surface area contributed by atoms with Gasteiger partial charge in [0.25, 0.3) is 5.91 Å². The van der Waals surface area contributed by atoms with Gasteiger partial charge in [0.05, 0.1) is 16.4 Å². The maximum Gasteiger partial charge on any atom is 0.261 e. The quantitative estimate of drug-likeness (QED) is 0.240. The molecular weight excluding hydrogens is 463 g/mol. The van der Waals surface area contributed by atoms with Crippen molar-refractivity contribution in [3.05, 3.63) is 22.4 Å². The van der Waals surface area contributed by atoms with E-state index < -0.39 is 9.84 Å². The van der Waals surface area contributed by atoms with Gasteiger partial charge in [0.1, 0.15) is 0 Å². The zero-order valence-electron chi connectivity index (χ0n) is 13.4. The van der Waals surface area contributed by atoms with Gasteiger partial charge in [-0.15, -0.1) is 35.3 Å². The molecule has 1 aromatic heterocycles. The molecule has 136 valence electrons. The first kappa shape index (κ1) is 21.2. The Morgan fingerprint density at radius 2 is 2.12 bits per heavy atom. The number of nitrogens with one attached hydrogen (secondary N) is 3. The van der Waals surface area contributed by atoms with E-state index >= 15 is 0 Å². The molecule has 3 N–H and O–H groups in total. The Labute approximate surface area is 163 Å². The zero-order chi connectivity index (χ0) is 16.7. The van der Waals surface area contributed by atoms with E-state index in [1.54, 1.807) is 13.1 Å². The molecule has 0 aliphatic carbocycles. The van der Waals surface area contributed by atoms with Crippen LogP contribution in [0, 0.1) is 0 Å². The van der Waals surface area contributed by atoms with Gasteiger partial charge >= 0.3 is 0 Å². The van der Waals surface area contributed by atoms with E-state index in [4.69, 9.17) is 0 Å². The monoisotopic (exact) mass is 486 g/mol. The van der Waals surface area contributed by atoms with Gasteiger partial charge in [-0.2, -0.15) is 0 Å². The van der Waals surface area contributed by atoms with Crippen LogP contribution in [0.5, 0.6) is 0 Å². The fourth-order valence-electron chi connectivity index (χ4n) is 2.29. The Kier molecular flexibility index (Phi) is 8.98. The van der Waals surface area contributed by atoms with Crippen molar-refractivity contribution in [3.63, 3.8) is 0 Å². The molecule has 1 aromatic rings. The molecule has 1 aliphatic rings. The number of hydrogen-bond acceptors (Lipinski definition) is 5. The summed E-state index contributed by atoms with van der Waals surface area (Å²) in [4.78, 5) is 16.5. The van der Waals surface area contributed by atoms with Crippen molar-refractivity contribution in [2.45, 2.75) is 18.9 Å². The first-order valence-corrected chi connectivity index (χ1v) is 10.2. The summed E-state index contributed by atoms with van der Waals surface area (Å²) >= 11 is 1.41. The van der Waals surface area contributed by atoms with Crippen molar-refractivity contribution in [3.8, 4) is 0 Å². The molecule has 2 rings (SSSR count). The number of carbonyl (C=O) groups is 1. The Hall–Kier alpha value is -0.880. The van der Waals surface area contributed by atoms with E-state index in [1.807, 2.05) is 11.4 Å². The predicted octanol–water partition coefficient (Wildman–Crippen LogP) is 0.838. The Balaban J connectivity index is 0.00000288. The highest BCUT2D eigenvalue weighted by Crippen LogP contribution is 2.11. The molecule has 1 fully saturated rings. The number of nitrogens with zero attached hydrogens (tertiary/aromatic N) is 1. The van der Waals surface area contributed by atoms with Crippen LogP contribution in [0.3, 0.4) is 0 Å². The molecule has 24 heavy (non-hydrogen) atoms. The average molecular weight is 486 g/mol. The summed E-state index contributed by atoms with van der Waals surface area (Å²) in [5, 5.41) is 11.0. The minimum absolute atomic E-state index is 0. The van der Waals surface area contributed by atoms with Gasteiger partial charge in [-0.3, -0.25) is 9.79 Å². The first-order chi connectivity index (χ1) is 11.0. The molecule has 1 aliphatic heterocycles. The largest absolute Gasteiger partial charge is 0.356 e. The fourth-order valence-corrected chi connectivity index (χ4v) is 4.60. The summed E-state index contributed by atoms with van der Waals surface area (Å²) in [5.41, 5.74) is 0. The smallest absolute Gasteiger partial charge is 0.261 e. The second-order valence-corrected chi connectivity index (χ2v) is 8.51. The third-order valence-electron chi connectivity index (χ3n) is 3.47. The molecule has 0 saturated carbocycles. The van der Waals surface area contributed by atoms with Gasteiger partial charge in [0.15, 0.2) is 15.8 Å². The molecule has 1 unspecified atom stereocenters. The number of hydrogen-bond donors (Lipinski definition) is 3. The Bertz CT molecular complexity index is 647. The number of thiophene rings is 1. The van der Waals surface area contributed by atoms with E-state index in [0.29, 0.717) is 30.3 Å². The fraction of sp³-hybridized carbons (Fsp3) is 0.571. The third-order valence-corrected chi connectivity index (χ3v) is 6.11. The number of aliphatic imine (C=N–C) groups is 1.